The van der Waals surface area contributed by atoms with Crippen molar-refractivity contribution in [3.8, 4) is 5.75 Å². The Morgan fingerprint density at radius 2 is 2.25 bits per heavy atom. The second kappa shape index (κ2) is 6.31. The van der Waals surface area contributed by atoms with Gasteiger partial charge in [0.1, 0.15) is 5.75 Å². The molecule has 1 amide bonds. The fourth-order valence-corrected chi connectivity index (χ4v) is 3.07. The summed E-state index contributed by atoms with van der Waals surface area (Å²) in [6, 6.07) is 3.66. The summed E-state index contributed by atoms with van der Waals surface area (Å²) < 4.78 is 1.99. The standard InChI is InChI=1S/C16H18N4O4/c1-11-4-6-18(9-14(11)19-7-5-17-10-19)16(22)13-3-2-12(20(23)24)8-15(13)21/h2-3,5,7-8,10-11,14,21H,4,6,9H2,1H3/t11-,14-/m0/s1. The lowest BCUT2D eigenvalue weighted by Crippen LogP contribution is -2.43. The predicted molar refractivity (Wildman–Crippen MR) is 85.7 cm³/mol. The molecule has 1 fully saturated rings. The van der Waals surface area contributed by atoms with Crippen molar-refractivity contribution in [1.82, 2.24) is 14.5 Å². The Balaban J connectivity index is 1.81. The van der Waals surface area contributed by atoms with Crippen molar-refractivity contribution in [3.63, 3.8) is 0 Å². The third kappa shape index (κ3) is 2.94. The fraction of sp³-hybridized carbons (Fsp3) is 0.375. The molecule has 3 rings (SSSR count). The van der Waals surface area contributed by atoms with E-state index in [0.717, 1.165) is 12.5 Å². The normalized spacial score (nSPS) is 20.8. The summed E-state index contributed by atoms with van der Waals surface area (Å²) in [6.07, 6.45) is 6.15. The van der Waals surface area contributed by atoms with Crippen molar-refractivity contribution >= 4 is 11.6 Å². The first-order valence-corrected chi connectivity index (χ1v) is 7.71. The zero-order valence-corrected chi connectivity index (χ0v) is 13.2. The zero-order chi connectivity index (χ0) is 17.3. The van der Waals surface area contributed by atoms with Crippen LogP contribution in [0.1, 0.15) is 29.7 Å². The molecule has 0 unspecified atom stereocenters. The first-order valence-electron chi connectivity index (χ1n) is 7.71. The van der Waals surface area contributed by atoms with E-state index in [2.05, 4.69) is 11.9 Å². The number of nitrogens with zero attached hydrogens (tertiary/aromatic N) is 4. The number of carbonyl (C=O) groups excluding carboxylic acids is 1. The molecular weight excluding hydrogens is 312 g/mol. The van der Waals surface area contributed by atoms with Crippen LogP contribution >= 0.6 is 0 Å². The molecule has 126 valence electrons. The van der Waals surface area contributed by atoms with Crippen LogP contribution in [0.25, 0.3) is 0 Å². The highest BCUT2D eigenvalue weighted by Gasteiger charge is 2.31. The SMILES string of the molecule is C[C@H]1CCN(C(=O)c2ccc([N+](=O)[O-])cc2O)C[C@@H]1n1ccnc1. The molecule has 0 spiro atoms. The van der Waals surface area contributed by atoms with Gasteiger partial charge in [-0.05, 0) is 18.4 Å². The summed E-state index contributed by atoms with van der Waals surface area (Å²) in [6.45, 7) is 3.23. The van der Waals surface area contributed by atoms with Gasteiger partial charge in [-0.25, -0.2) is 4.98 Å². The van der Waals surface area contributed by atoms with Crippen LogP contribution in [0.3, 0.4) is 0 Å². The number of non-ortho nitro benzene ring substituents is 1. The van der Waals surface area contributed by atoms with E-state index >= 15 is 0 Å². The molecule has 1 aliphatic heterocycles. The van der Waals surface area contributed by atoms with E-state index in [4.69, 9.17) is 0 Å². The minimum Gasteiger partial charge on any atom is -0.507 e. The van der Waals surface area contributed by atoms with E-state index in [-0.39, 0.29) is 28.9 Å². The number of piperidine rings is 1. The molecule has 1 N–H and O–H groups in total. The summed E-state index contributed by atoms with van der Waals surface area (Å²) in [5, 5.41) is 20.7. The van der Waals surface area contributed by atoms with Crippen LogP contribution in [0, 0.1) is 16.0 Å². The van der Waals surface area contributed by atoms with E-state index < -0.39 is 4.92 Å². The van der Waals surface area contributed by atoms with Crippen LogP contribution in [-0.4, -0.2) is 43.5 Å². The summed E-state index contributed by atoms with van der Waals surface area (Å²) in [5.74, 6) is -0.292. The molecule has 0 radical (unpaired) electrons. The predicted octanol–water partition coefficient (Wildman–Crippen LogP) is 2.22. The molecule has 2 atom stereocenters. The molecule has 2 heterocycles. The van der Waals surface area contributed by atoms with E-state index in [1.165, 1.54) is 12.1 Å². The summed E-state index contributed by atoms with van der Waals surface area (Å²) in [5.41, 5.74) is -0.160. The number of phenols is 1. The Morgan fingerprint density at radius 3 is 2.88 bits per heavy atom. The first-order chi connectivity index (χ1) is 11.5. The number of hydrogen-bond acceptors (Lipinski definition) is 5. The summed E-state index contributed by atoms with van der Waals surface area (Å²) >= 11 is 0. The monoisotopic (exact) mass is 330 g/mol. The summed E-state index contributed by atoms with van der Waals surface area (Å²) in [4.78, 5) is 28.6. The Kier molecular flexibility index (Phi) is 4.20. The number of aromatic hydroxyl groups is 1. The molecule has 0 saturated carbocycles. The number of hydrogen-bond donors (Lipinski definition) is 1. The molecular formula is C16H18N4O4. The lowest BCUT2D eigenvalue weighted by Gasteiger charge is -2.37. The molecule has 8 heteroatoms. The molecule has 24 heavy (non-hydrogen) atoms. The van der Waals surface area contributed by atoms with Crippen molar-refractivity contribution in [2.75, 3.05) is 13.1 Å². The second-order valence-corrected chi connectivity index (χ2v) is 6.05. The number of amides is 1. The maximum Gasteiger partial charge on any atom is 0.273 e. The van der Waals surface area contributed by atoms with E-state index in [0.29, 0.717) is 19.0 Å². The van der Waals surface area contributed by atoms with E-state index in [1.807, 2.05) is 10.8 Å². The van der Waals surface area contributed by atoms with Crippen LogP contribution in [0.5, 0.6) is 5.75 Å². The smallest absolute Gasteiger partial charge is 0.273 e. The second-order valence-electron chi connectivity index (χ2n) is 6.05. The number of benzene rings is 1. The van der Waals surface area contributed by atoms with Crippen molar-refractivity contribution in [1.29, 1.82) is 0 Å². The van der Waals surface area contributed by atoms with Crippen molar-refractivity contribution in [3.05, 3.63) is 52.6 Å². The molecule has 0 bridgehead atoms. The van der Waals surface area contributed by atoms with Gasteiger partial charge >= 0.3 is 0 Å². The fourth-order valence-electron chi connectivity index (χ4n) is 3.07. The highest BCUT2D eigenvalue weighted by atomic mass is 16.6. The van der Waals surface area contributed by atoms with Gasteiger partial charge in [0.15, 0.2) is 0 Å². The molecule has 1 aromatic heterocycles. The number of nitro groups is 1. The van der Waals surface area contributed by atoms with Gasteiger partial charge < -0.3 is 14.6 Å². The minimum absolute atomic E-state index is 0.0829. The molecule has 0 aliphatic carbocycles. The maximum absolute atomic E-state index is 12.7. The van der Waals surface area contributed by atoms with Gasteiger partial charge in [-0.3, -0.25) is 14.9 Å². The maximum atomic E-state index is 12.7. The Labute approximate surface area is 138 Å². The number of phenolic OH excluding ortho intramolecular Hbond substituents is 1. The Morgan fingerprint density at radius 1 is 1.46 bits per heavy atom. The van der Waals surface area contributed by atoms with Crippen molar-refractivity contribution < 1.29 is 14.8 Å². The van der Waals surface area contributed by atoms with E-state index in [1.54, 1.807) is 17.4 Å². The first kappa shape index (κ1) is 16.0. The molecule has 2 aromatic rings. The van der Waals surface area contributed by atoms with Gasteiger partial charge in [0.25, 0.3) is 11.6 Å². The minimum atomic E-state index is -0.606. The molecule has 1 aliphatic rings. The van der Waals surface area contributed by atoms with Crippen LogP contribution in [0.15, 0.2) is 36.9 Å². The number of carbonyl (C=O) groups is 1. The van der Waals surface area contributed by atoms with Gasteiger partial charge in [-0.1, -0.05) is 6.92 Å². The van der Waals surface area contributed by atoms with Gasteiger partial charge in [-0.15, -0.1) is 0 Å². The van der Waals surface area contributed by atoms with Crippen LogP contribution in [-0.2, 0) is 0 Å². The number of likely N-dealkylation sites (tertiary alicyclic amines) is 1. The lowest BCUT2D eigenvalue weighted by atomic mass is 9.92. The molecule has 1 aromatic carbocycles. The lowest BCUT2D eigenvalue weighted by molar-refractivity contribution is -0.384. The molecule has 1 saturated heterocycles. The zero-order valence-electron chi connectivity index (χ0n) is 13.2. The molecule has 8 nitrogen and oxygen atoms in total. The van der Waals surface area contributed by atoms with E-state index in [9.17, 15) is 20.0 Å². The largest absolute Gasteiger partial charge is 0.507 e. The van der Waals surface area contributed by atoms with Crippen LogP contribution in [0.2, 0.25) is 0 Å². The number of nitro benzene ring substituents is 1. The third-order valence-electron chi connectivity index (χ3n) is 4.54. The van der Waals surface area contributed by atoms with Gasteiger partial charge in [0, 0.05) is 31.5 Å². The van der Waals surface area contributed by atoms with Gasteiger partial charge in [0.05, 0.1) is 28.9 Å². The highest BCUT2D eigenvalue weighted by molar-refractivity contribution is 5.97. The number of imidazole rings is 1. The highest BCUT2D eigenvalue weighted by Crippen LogP contribution is 2.30. The summed E-state index contributed by atoms with van der Waals surface area (Å²) in [7, 11) is 0. The van der Waals surface area contributed by atoms with Crippen molar-refractivity contribution in [2.45, 2.75) is 19.4 Å². The Bertz CT molecular complexity index is 759. The average Bonchev–Trinajstić information content (AvgIpc) is 3.08. The van der Waals surface area contributed by atoms with Crippen LogP contribution in [0.4, 0.5) is 5.69 Å². The number of rotatable bonds is 3. The number of aromatic nitrogens is 2. The van der Waals surface area contributed by atoms with Crippen molar-refractivity contribution in [2.24, 2.45) is 5.92 Å². The Hall–Kier alpha value is -2.90. The van der Waals surface area contributed by atoms with Crippen LogP contribution < -0.4 is 0 Å². The van der Waals surface area contributed by atoms with Gasteiger partial charge in [0.2, 0.25) is 0 Å². The third-order valence-corrected chi connectivity index (χ3v) is 4.54. The van der Waals surface area contributed by atoms with Gasteiger partial charge in [-0.2, -0.15) is 0 Å². The topological polar surface area (TPSA) is 102 Å². The average molecular weight is 330 g/mol. The quantitative estimate of drug-likeness (QED) is 0.687.